The third-order valence-corrected chi connectivity index (χ3v) is 6.79. The van der Waals surface area contributed by atoms with Crippen LogP contribution >= 0.6 is 34.7 Å². The maximum Gasteiger partial charge on any atom is 0.191 e. The van der Waals surface area contributed by atoms with E-state index in [9.17, 15) is 0 Å². The Kier molecular flexibility index (Phi) is 7.47. The summed E-state index contributed by atoms with van der Waals surface area (Å²) in [7, 11) is 1.63. The number of benzene rings is 2. The number of allylic oxidation sites excluding steroid dienone is 1. The van der Waals surface area contributed by atoms with E-state index in [4.69, 9.17) is 26.1 Å². The first-order chi connectivity index (χ1) is 15.7. The fourth-order valence-corrected chi connectivity index (χ4v) is 5.04. The van der Waals surface area contributed by atoms with Crippen molar-refractivity contribution in [3.05, 3.63) is 83.1 Å². The third kappa shape index (κ3) is 5.32. The van der Waals surface area contributed by atoms with Crippen molar-refractivity contribution in [3.8, 4) is 22.1 Å². The van der Waals surface area contributed by atoms with Gasteiger partial charge in [0.25, 0.3) is 0 Å². The van der Waals surface area contributed by atoms with Gasteiger partial charge in [-0.25, -0.2) is 4.98 Å². The average Bonchev–Trinajstić information content (AvgIpc) is 3.44. The van der Waals surface area contributed by atoms with Gasteiger partial charge in [-0.2, -0.15) is 0 Å². The van der Waals surface area contributed by atoms with E-state index in [1.165, 1.54) is 0 Å². The highest BCUT2D eigenvalue weighted by atomic mass is 35.5. The Balaban J connectivity index is 1.42. The first-order valence-electron chi connectivity index (χ1n) is 9.80. The van der Waals surface area contributed by atoms with Gasteiger partial charge in [0.15, 0.2) is 11.0 Å². The summed E-state index contributed by atoms with van der Waals surface area (Å²) in [6.07, 6.45) is 1.82. The quantitative estimate of drug-likeness (QED) is 0.199. The molecule has 0 spiro atoms. The minimum atomic E-state index is 0.307. The lowest BCUT2D eigenvalue weighted by Gasteiger charge is -2.09. The fourth-order valence-electron chi connectivity index (χ4n) is 2.93. The lowest BCUT2D eigenvalue weighted by molar-refractivity contribution is 0.288. The number of hydrogen-bond acceptors (Lipinski definition) is 7. The Bertz CT molecular complexity index is 1190. The molecule has 0 bridgehead atoms. The lowest BCUT2D eigenvalue weighted by Crippen LogP contribution is -2.07. The number of halogens is 1. The Morgan fingerprint density at radius 2 is 1.91 bits per heavy atom. The normalized spacial score (nSPS) is 10.8. The molecule has 32 heavy (non-hydrogen) atoms. The number of thioether (sulfide) groups is 1. The van der Waals surface area contributed by atoms with Crippen molar-refractivity contribution in [2.24, 2.45) is 0 Å². The summed E-state index contributed by atoms with van der Waals surface area (Å²) in [4.78, 5) is 4.73. The van der Waals surface area contributed by atoms with Crippen molar-refractivity contribution in [2.75, 3.05) is 7.11 Å². The maximum absolute atomic E-state index is 6.30. The van der Waals surface area contributed by atoms with E-state index in [1.807, 2.05) is 64.6 Å². The summed E-state index contributed by atoms with van der Waals surface area (Å²) >= 11 is 9.46. The monoisotopic (exact) mass is 484 g/mol. The average molecular weight is 485 g/mol. The summed E-state index contributed by atoms with van der Waals surface area (Å²) in [6, 6.07) is 15.2. The Labute approximate surface area is 199 Å². The van der Waals surface area contributed by atoms with Gasteiger partial charge in [-0.05, 0) is 30.3 Å². The van der Waals surface area contributed by atoms with Crippen LogP contribution in [-0.2, 0) is 18.9 Å². The molecule has 0 saturated heterocycles. The molecule has 0 aliphatic heterocycles. The van der Waals surface area contributed by atoms with Gasteiger partial charge >= 0.3 is 0 Å². The van der Waals surface area contributed by atoms with Crippen LogP contribution in [-0.4, -0.2) is 26.9 Å². The zero-order valence-electron chi connectivity index (χ0n) is 17.4. The van der Waals surface area contributed by atoms with E-state index < -0.39 is 0 Å². The first-order valence-corrected chi connectivity index (χ1v) is 12.0. The summed E-state index contributed by atoms with van der Waals surface area (Å²) < 4.78 is 13.1. The second kappa shape index (κ2) is 10.7. The van der Waals surface area contributed by atoms with Gasteiger partial charge in [0.05, 0.1) is 17.8 Å². The second-order valence-electron chi connectivity index (χ2n) is 6.67. The topological polar surface area (TPSA) is 62.1 Å². The molecule has 4 rings (SSSR count). The Morgan fingerprint density at radius 3 is 2.66 bits per heavy atom. The first kappa shape index (κ1) is 22.4. The van der Waals surface area contributed by atoms with Crippen molar-refractivity contribution in [3.63, 3.8) is 0 Å². The molecule has 0 N–H and O–H groups in total. The molecule has 6 nitrogen and oxygen atoms in total. The number of nitrogens with zero attached hydrogens (tertiary/aromatic N) is 4. The van der Waals surface area contributed by atoms with E-state index >= 15 is 0 Å². The van der Waals surface area contributed by atoms with Crippen LogP contribution in [0.25, 0.3) is 10.6 Å². The van der Waals surface area contributed by atoms with E-state index in [2.05, 4.69) is 16.8 Å². The SMILES string of the molecule is C=CCn1c(COc2ccc(OC)cc2)nnc1SCc1csc(-c2ccccc2Cl)n1. The van der Waals surface area contributed by atoms with E-state index in [-0.39, 0.29) is 0 Å². The molecule has 0 saturated carbocycles. The lowest BCUT2D eigenvalue weighted by atomic mass is 10.2. The Morgan fingerprint density at radius 1 is 1.12 bits per heavy atom. The van der Waals surface area contributed by atoms with Crippen LogP contribution in [0.3, 0.4) is 0 Å². The van der Waals surface area contributed by atoms with Gasteiger partial charge < -0.3 is 9.47 Å². The number of rotatable bonds is 10. The van der Waals surface area contributed by atoms with Crippen LogP contribution in [0.1, 0.15) is 11.5 Å². The van der Waals surface area contributed by atoms with Gasteiger partial charge in [0.1, 0.15) is 23.1 Å². The highest BCUT2D eigenvalue weighted by Crippen LogP contribution is 2.32. The standard InChI is InChI=1S/C23H21ClN4O2S2/c1-3-12-28-21(13-30-18-10-8-17(29-2)9-11-18)26-27-23(28)32-15-16-14-31-22(25-16)19-6-4-5-7-20(19)24/h3-11,14H,1,12-13,15H2,2H3. The predicted molar refractivity (Wildman–Crippen MR) is 130 cm³/mol. The molecule has 0 amide bonds. The van der Waals surface area contributed by atoms with Gasteiger partial charge in [0.2, 0.25) is 0 Å². The summed E-state index contributed by atoms with van der Waals surface area (Å²) in [5.74, 6) is 2.93. The minimum Gasteiger partial charge on any atom is -0.497 e. The van der Waals surface area contributed by atoms with Crippen LogP contribution in [0.5, 0.6) is 11.5 Å². The molecule has 2 aromatic carbocycles. The van der Waals surface area contributed by atoms with Gasteiger partial charge in [-0.15, -0.1) is 28.1 Å². The van der Waals surface area contributed by atoms with Crippen molar-refractivity contribution < 1.29 is 9.47 Å². The number of aromatic nitrogens is 4. The minimum absolute atomic E-state index is 0.307. The molecule has 0 unspecified atom stereocenters. The molecular weight excluding hydrogens is 464 g/mol. The molecule has 0 radical (unpaired) electrons. The molecule has 4 aromatic rings. The van der Waals surface area contributed by atoms with Crippen LogP contribution in [0.2, 0.25) is 5.02 Å². The van der Waals surface area contributed by atoms with Crippen LogP contribution in [0.4, 0.5) is 0 Å². The molecule has 2 aromatic heterocycles. The summed E-state index contributed by atoms with van der Waals surface area (Å²) in [5, 5.41) is 13.1. The molecule has 9 heteroatoms. The van der Waals surface area contributed by atoms with Gasteiger partial charge in [-0.3, -0.25) is 4.57 Å². The highest BCUT2D eigenvalue weighted by molar-refractivity contribution is 7.98. The van der Waals surface area contributed by atoms with Crippen LogP contribution in [0, 0.1) is 0 Å². The molecule has 0 atom stereocenters. The van der Waals surface area contributed by atoms with E-state index in [0.717, 1.165) is 38.7 Å². The van der Waals surface area contributed by atoms with Crippen molar-refractivity contribution >= 4 is 34.7 Å². The van der Waals surface area contributed by atoms with Gasteiger partial charge in [-0.1, -0.05) is 47.6 Å². The molecule has 164 valence electrons. The smallest absolute Gasteiger partial charge is 0.191 e. The Hall–Kier alpha value is -2.81. The molecular formula is C23H21ClN4O2S2. The van der Waals surface area contributed by atoms with Gasteiger partial charge in [0, 0.05) is 23.2 Å². The zero-order chi connectivity index (χ0) is 22.3. The third-order valence-electron chi connectivity index (χ3n) is 4.54. The number of thiazole rings is 1. The van der Waals surface area contributed by atoms with Crippen LogP contribution < -0.4 is 9.47 Å². The van der Waals surface area contributed by atoms with E-state index in [0.29, 0.717) is 23.9 Å². The molecule has 0 fully saturated rings. The van der Waals surface area contributed by atoms with Crippen molar-refractivity contribution in [2.45, 2.75) is 24.1 Å². The predicted octanol–water partition coefficient (Wildman–Crippen LogP) is 6.12. The molecule has 2 heterocycles. The maximum atomic E-state index is 6.30. The fraction of sp³-hybridized carbons (Fsp3) is 0.174. The largest absolute Gasteiger partial charge is 0.497 e. The number of ether oxygens (including phenoxy) is 2. The molecule has 0 aliphatic rings. The van der Waals surface area contributed by atoms with Crippen molar-refractivity contribution in [1.29, 1.82) is 0 Å². The van der Waals surface area contributed by atoms with Crippen molar-refractivity contribution in [1.82, 2.24) is 19.7 Å². The zero-order valence-corrected chi connectivity index (χ0v) is 19.8. The summed E-state index contributed by atoms with van der Waals surface area (Å²) in [5.41, 5.74) is 1.92. The number of methoxy groups -OCH3 is 1. The highest BCUT2D eigenvalue weighted by Gasteiger charge is 2.14. The number of hydrogen-bond donors (Lipinski definition) is 0. The van der Waals surface area contributed by atoms with E-state index in [1.54, 1.807) is 30.2 Å². The molecule has 0 aliphatic carbocycles. The van der Waals surface area contributed by atoms with Crippen LogP contribution in [0.15, 0.2) is 71.7 Å². The summed E-state index contributed by atoms with van der Waals surface area (Å²) in [6.45, 7) is 4.76. The second-order valence-corrected chi connectivity index (χ2v) is 8.88.